The summed E-state index contributed by atoms with van der Waals surface area (Å²) in [6, 6.07) is 15.0. The Hall–Kier alpha value is -3.52. The molecule has 0 bridgehead atoms. The first kappa shape index (κ1) is 25.6. The number of rotatable bonds is 8. The number of amides is 1. The van der Waals surface area contributed by atoms with Gasteiger partial charge in [-0.25, -0.2) is 4.79 Å². The van der Waals surface area contributed by atoms with Crippen LogP contribution in [0.15, 0.2) is 58.1 Å². The number of nitrogens with one attached hydrogen (secondary N) is 2. The number of halogens is 1. The van der Waals surface area contributed by atoms with Crippen molar-refractivity contribution >= 4 is 34.7 Å². The van der Waals surface area contributed by atoms with E-state index < -0.39 is 11.2 Å². The van der Waals surface area contributed by atoms with Crippen LogP contribution >= 0.6 is 11.6 Å². The van der Waals surface area contributed by atoms with Crippen molar-refractivity contribution < 1.29 is 4.79 Å². The average Bonchev–Trinajstić information content (AvgIpc) is 2.87. The molecule has 0 saturated carbocycles. The van der Waals surface area contributed by atoms with E-state index in [-0.39, 0.29) is 18.9 Å². The van der Waals surface area contributed by atoms with E-state index in [1.54, 1.807) is 0 Å². The second kappa shape index (κ2) is 11.5. The first-order valence-corrected chi connectivity index (χ1v) is 12.7. The molecule has 190 valence electrons. The molecule has 4 rings (SSSR count). The van der Waals surface area contributed by atoms with Gasteiger partial charge in [0.25, 0.3) is 5.56 Å². The lowest BCUT2D eigenvalue weighted by molar-refractivity contribution is -0.131. The van der Waals surface area contributed by atoms with E-state index in [0.717, 1.165) is 35.5 Å². The van der Waals surface area contributed by atoms with Crippen molar-refractivity contribution in [3.05, 3.63) is 85.5 Å². The lowest BCUT2D eigenvalue weighted by Gasteiger charge is -2.36. The molecule has 0 unspecified atom stereocenters. The van der Waals surface area contributed by atoms with Crippen LogP contribution in [0.4, 0.5) is 17.2 Å². The minimum atomic E-state index is -0.490. The molecule has 0 spiro atoms. The molecular weight excluding hydrogens is 478 g/mol. The topological polar surface area (TPSA) is 90.4 Å². The number of piperazine rings is 1. The highest BCUT2D eigenvalue weighted by atomic mass is 35.5. The number of hydrogen-bond donors (Lipinski definition) is 2. The fraction of sp³-hybridized carbons (Fsp3) is 0.370. The number of H-pyrrole nitrogens is 1. The SMILES string of the molecule is CCc1cc(Nc2cc(=O)n(CCCC(=O)N3CCN(c4cccc(Cl)c4)CC3)c(=O)[nH]2)ccc1C. The van der Waals surface area contributed by atoms with E-state index in [4.69, 9.17) is 11.6 Å². The number of benzene rings is 2. The van der Waals surface area contributed by atoms with Gasteiger partial charge in [0.1, 0.15) is 5.82 Å². The number of nitrogens with zero attached hydrogens (tertiary/aromatic N) is 3. The van der Waals surface area contributed by atoms with E-state index in [0.29, 0.717) is 30.4 Å². The van der Waals surface area contributed by atoms with Crippen molar-refractivity contribution in [2.45, 2.75) is 39.7 Å². The van der Waals surface area contributed by atoms with E-state index in [1.807, 2.05) is 47.4 Å². The van der Waals surface area contributed by atoms with Gasteiger partial charge in [0.15, 0.2) is 0 Å². The maximum atomic E-state index is 12.7. The second-order valence-electron chi connectivity index (χ2n) is 9.05. The molecule has 2 aromatic carbocycles. The van der Waals surface area contributed by atoms with Crippen molar-refractivity contribution in [2.24, 2.45) is 0 Å². The summed E-state index contributed by atoms with van der Waals surface area (Å²) in [5.74, 6) is 0.385. The molecule has 1 amide bonds. The molecular formula is C27H32ClN5O3. The minimum Gasteiger partial charge on any atom is -0.368 e. The van der Waals surface area contributed by atoms with Crippen LogP contribution in [-0.2, 0) is 17.8 Å². The summed E-state index contributed by atoms with van der Waals surface area (Å²) in [5, 5.41) is 3.80. The van der Waals surface area contributed by atoms with Crippen molar-refractivity contribution in [3.8, 4) is 0 Å². The van der Waals surface area contributed by atoms with Crippen LogP contribution in [0, 0.1) is 6.92 Å². The number of aromatic nitrogens is 2. The molecule has 1 aliphatic heterocycles. The summed E-state index contributed by atoms with van der Waals surface area (Å²) in [4.78, 5) is 44.6. The Morgan fingerprint density at radius 3 is 2.53 bits per heavy atom. The van der Waals surface area contributed by atoms with Gasteiger partial charge < -0.3 is 15.1 Å². The number of aryl methyl sites for hydroxylation is 2. The largest absolute Gasteiger partial charge is 0.368 e. The van der Waals surface area contributed by atoms with Crippen LogP contribution in [0.1, 0.15) is 30.9 Å². The van der Waals surface area contributed by atoms with Gasteiger partial charge in [-0.3, -0.25) is 19.1 Å². The lowest BCUT2D eigenvalue weighted by atomic mass is 10.1. The molecule has 2 heterocycles. The molecule has 1 fully saturated rings. The van der Waals surface area contributed by atoms with Crippen molar-refractivity contribution in [1.29, 1.82) is 0 Å². The fourth-order valence-electron chi connectivity index (χ4n) is 4.52. The third-order valence-corrected chi connectivity index (χ3v) is 6.84. The van der Waals surface area contributed by atoms with Crippen LogP contribution < -0.4 is 21.5 Å². The Morgan fingerprint density at radius 1 is 1.06 bits per heavy atom. The Bertz CT molecular complexity index is 1310. The maximum Gasteiger partial charge on any atom is 0.329 e. The number of carbonyl (C=O) groups is 1. The Morgan fingerprint density at radius 2 is 1.83 bits per heavy atom. The van der Waals surface area contributed by atoms with Gasteiger partial charge in [-0.1, -0.05) is 30.7 Å². The Labute approximate surface area is 215 Å². The molecule has 2 N–H and O–H groups in total. The molecule has 1 aliphatic rings. The first-order valence-electron chi connectivity index (χ1n) is 12.3. The molecule has 1 saturated heterocycles. The van der Waals surface area contributed by atoms with Crippen LogP contribution in [0.5, 0.6) is 0 Å². The highest BCUT2D eigenvalue weighted by molar-refractivity contribution is 6.30. The minimum absolute atomic E-state index is 0.0367. The highest BCUT2D eigenvalue weighted by Crippen LogP contribution is 2.21. The predicted octanol–water partition coefficient (Wildman–Crippen LogP) is 3.93. The predicted molar refractivity (Wildman–Crippen MR) is 145 cm³/mol. The average molecular weight is 510 g/mol. The molecule has 1 aromatic heterocycles. The first-order chi connectivity index (χ1) is 17.3. The molecule has 0 atom stereocenters. The lowest BCUT2D eigenvalue weighted by Crippen LogP contribution is -2.48. The zero-order valence-electron chi connectivity index (χ0n) is 20.7. The van der Waals surface area contributed by atoms with E-state index in [9.17, 15) is 14.4 Å². The molecule has 9 heteroatoms. The van der Waals surface area contributed by atoms with Crippen molar-refractivity contribution in [3.63, 3.8) is 0 Å². The zero-order chi connectivity index (χ0) is 25.7. The van der Waals surface area contributed by atoms with Gasteiger partial charge >= 0.3 is 5.69 Å². The number of aromatic amines is 1. The zero-order valence-corrected chi connectivity index (χ0v) is 21.5. The summed E-state index contributed by atoms with van der Waals surface area (Å²) in [6.45, 7) is 7.06. The van der Waals surface area contributed by atoms with Gasteiger partial charge in [0.2, 0.25) is 5.91 Å². The Balaban J connectivity index is 1.29. The van der Waals surface area contributed by atoms with E-state index in [2.05, 4.69) is 29.0 Å². The van der Waals surface area contributed by atoms with Crippen LogP contribution in [0.3, 0.4) is 0 Å². The molecule has 8 nitrogen and oxygen atoms in total. The van der Waals surface area contributed by atoms with Crippen LogP contribution in [0.2, 0.25) is 5.02 Å². The normalized spacial score (nSPS) is 13.6. The number of hydrogen-bond acceptors (Lipinski definition) is 5. The van der Waals surface area contributed by atoms with Crippen molar-refractivity contribution in [2.75, 3.05) is 36.4 Å². The number of carbonyl (C=O) groups excluding carboxylic acids is 1. The maximum absolute atomic E-state index is 12.7. The monoisotopic (exact) mass is 509 g/mol. The molecule has 3 aromatic rings. The van der Waals surface area contributed by atoms with Gasteiger partial charge in [0, 0.05) is 61.6 Å². The quantitative estimate of drug-likeness (QED) is 0.480. The number of anilines is 3. The fourth-order valence-corrected chi connectivity index (χ4v) is 4.70. The molecule has 0 radical (unpaired) electrons. The van der Waals surface area contributed by atoms with Gasteiger partial charge in [-0.15, -0.1) is 0 Å². The summed E-state index contributed by atoms with van der Waals surface area (Å²) >= 11 is 6.09. The summed E-state index contributed by atoms with van der Waals surface area (Å²) < 4.78 is 1.14. The highest BCUT2D eigenvalue weighted by Gasteiger charge is 2.21. The smallest absolute Gasteiger partial charge is 0.329 e. The van der Waals surface area contributed by atoms with Gasteiger partial charge in [0.05, 0.1) is 0 Å². The molecule has 36 heavy (non-hydrogen) atoms. The van der Waals surface area contributed by atoms with Crippen LogP contribution in [-0.4, -0.2) is 46.5 Å². The standard InChI is InChI=1S/C27H32ClN5O3/c1-3-20-16-22(10-9-19(20)2)29-24-18-26(35)33(27(36)30-24)11-5-8-25(34)32-14-12-31(13-15-32)23-7-4-6-21(28)17-23/h4,6-7,9-10,16-18,29H,3,5,8,11-15H2,1-2H3,(H,30,36). The van der Waals surface area contributed by atoms with Crippen LogP contribution in [0.25, 0.3) is 0 Å². The van der Waals surface area contributed by atoms with Gasteiger partial charge in [-0.2, -0.15) is 0 Å². The summed E-state index contributed by atoms with van der Waals surface area (Å²) in [5.41, 5.74) is 3.38. The van der Waals surface area contributed by atoms with Gasteiger partial charge in [-0.05, 0) is 61.2 Å². The summed E-state index contributed by atoms with van der Waals surface area (Å²) in [7, 11) is 0. The molecule has 0 aliphatic carbocycles. The third-order valence-electron chi connectivity index (χ3n) is 6.61. The summed E-state index contributed by atoms with van der Waals surface area (Å²) in [6.07, 6.45) is 1.60. The second-order valence-corrected chi connectivity index (χ2v) is 9.49. The van der Waals surface area contributed by atoms with E-state index >= 15 is 0 Å². The third kappa shape index (κ3) is 6.18. The van der Waals surface area contributed by atoms with E-state index in [1.165, 1.54) is 17.2 Å². The van der Waals surface area contributed by atoms with Crippen molar-refractivity contribution in [1.82, 2.24) is 14.5 Å². The Kier molecular flexibility index (Phi) is 8.15.